The number of carbonyl (C=O) groups excluding carboxylic acids is 2. The first-order valence-electron chi connectivity index (χ1n) is 7.13. The molecule has 2 rings (SSSR count). The number of rotatable bonds is 5. The van der Waals surface area contributed by atoms with E-state index >= 15 is 0 Å². The first-order chi connectivity index (χ1) is 10.1. The van der Waals surface area contributed by atoms with Crippen LogP contribution >= 0.6 is 0 Å². The van der Waals surface area contributed by atoms with Gasteiger partial charge >= 0.3 is 0 Å². The molecule has 1 aliphatic rings. The number of amides is 2. The minimum absolute atomic E-state index is 0.0298. The second-order valence-electron chi connectivity index (χ2n) is 4.96. The molecule has 6 nitrogen and oxygen atoms in total. The Morgan fingerprint density at radius 3 is 2.48 bits per heavy atom. The molecule has 1 saturated heterocycles. The Morgan fingerprint density at radius 2 is 1.86 bits per heavy atom. The van der Waals surface area contributed by atoms with Crippen LogP contribution in [0.1, 0.15) is 17.3 Å². The summed E-state index contributed by atoms with van der Waals surface area (Å²) in [5.74, 6) is 0.249. The van der Waals surface area contributed by atoms with Crippen LogP contribution in [0, 0.1) is 0 Å². The topological polar surface area (TPSA) is 75.9 Å². The van der Waals surface area contributed by atoms with Gasteiger partial charge in [0.15, 0.2) is 0 Å². The van der Waals surface area contributed by atoms with Crippen LogP contribution in [0.3, 0.4) is 0 Å². The van der Waals surface area contributed by atoms with Gasteiger partial charge in [-0.1, -0.05) is 12.1 Å². The normalized spacial score (nSPS) is 15.8. The van der Waals surface area contributed by atoms with Crippen LogP contribution in [0.25, 0.3) is 0 Å². The molecule has 0 radical (unpaired) electrons. The van der Waals surface area contributed by atoms with Gasteiger partial charge in [-0.3, -0.25) is 14.5 Å². The number of benzene rings is 1. The molecule has 0 bridgehead atoms. The monoisotopic (exact) mass is 291 g/mol. The summed E-state index contributed by atoms with van der Waals surface area (Å²) in [7, 11) is 0. The Labute approximate surface area is 124 Å². The number of hydrogen-bond donors (Lipinski definition) is 1. The van der Waals surface area contributed by atoms with Crippen molar-refractivity contribution in [2.45, 2.75) is 6.92 Å². The quantitative estimate of drug-likeness (QED) is 0.848. The van der Waals surface area contributed by atoms with Crippen molar-refractivity contribution in [1.29, 1.82) is 0 Å². The molecule has 0 unspecified atom stereocenters. The summed E-state index contributed by atoms with van der Waals surface area (Å²) in [6, 6.07) is 7.27. The van der Waals surface area contributed by atoms with Crippen molar-refractivity contribution in [2.75, 3.05) is 39.3 Å². The number of piperazine rings is 1. The van der Waals surface area contributed by atoms with Gasteiger partial charge in [-0.2, -0.15) is 0 Å². The van der Waals surface area contributed by atoms with Crippen LogP contribution in [0.2, 0.25) is 0 Å². The van der Waals surface area contributed by atoms with E-state index in [9.17, 15) is 9.59 Å². The molecule has 2 amide bonds. The number of carbonyl (C=O) groups is 2. The molecule has 21 heavy (non-hydrogen) atoms. The van der Waals surface area contributed by atoms with Gasteiger partial charge in [0.1, 0.15) is 5.75 Å². The fourth-order valence-corrected chi connectivity index (χ4v) is 2.42. The van der Waals surface area contributed by atoms with Gasteiger partial charge < -0.3 is 15.4 Å². The van der Waals surface area contributed by atoms with Gasteiger partial charge in [0.05, 0.1) is 18.7 Å². The maximum absolute atomic E-state index is 12.6. The maximum Gasteiger partial charge on any atom is 0.257 e. The summed E-state index contributed by atoms with van der Waals surface area (Å²) in [5.41, 5.74) is 5.77. The predicted molar refractivity (Wildman–Crippen MR) is 79.1 cm³/mol. The van der Waals surface area contributed by atoms with Gasteiger partial charge in [-0.25, -0.2) is 0 Å². The van der Waals surface area contributed by atoms with E-state index < -0.39 is 0 Å². The van der Waals surface area contributed by atoms with Gasteiger partial charge in [-0.15, -0.1) is 0 Å². The highest BCUT2D eigenvalue weighted by atomic mass is 16.5. The minimum Gasteiger partial charge on any atom is -0.493 e. The van der Waals surface area contributed by atoms with Crippen LogP contribution < -0.4 is 10.5 Å². The SMILES string of the molecule is CCOc1ccccc1C(=O)N1CCN(CC(N)=O)CC1. The van der Waals surface area contributed by atoms with Crippen molar-refractivity contribution < 1.29 is 14.3 Å². The average Bonchev–Trinajstić information content (AvgIpc) is 2.48. The van der Waals surface area contributed by atoms with Crippen LogP contribution in [0.15, 0.2) is 24.3 Å². The van der Waals surface area contributed by atoms with E-state index in [0.29, 0.717) is 44.1 Å². The van der Waals surface area contributed by atoms with Crippen molar-refractivity contribution in [3.05, 3.63) is 29.8 Å². The lowest BCUT2D eigenvalue weighted by Crippen LogP contribution is -2.50. The van der Waals surface area contributed by atoms with Crippen molar-refractivity contribution >= 4 is 11.8 Å². The number of para-hydroxylation sites is 1. The zero-order valence-corrected chi connectivity index (χ0v) is 12.2. The van der Waals surface area contributed by atoms with Crippen LogP contribution in [0.5, 0.6) is 5.75 Å². The number of ether oxygens (including phenoxy) is 1. The Morgan fingerprint density at radius 1 is 1.19 bits per heavy atom. The van der Waals surface area contributed by atoms with Crippen molar-refractivity contribution in [1.82, 2.24) is 9.80 Å². The third-order valence-corrected chi connectivity index (χ3v) is 3.46. The van der Waals surface area contributed by atoms with Gasteiger partial charge in [0.2, 0.25) is 5.91 Å². The Kier molecular flexibility index (Phi) is 5.16. The molecular weight excluding hydrogens is 270 g/mol. The maximum atomic E-state index is 12.6. The van der Waals surface area contributed by atoms with Crippen molar-refractivity contribution in [3.63, 3.8) is 0 Å². The molecule has 6 heteroatoms. The second-order valence-corrected chi connectivity index (χ2v) is 4.96. The number of nitrogens with zero attached hydrogens (tertiary/aromatic N) is 2. The molecule has 1 aliphatic heterocycles. The smallest absolute Gasteiger partial charge is 0.257 e. The molecule has 1 aromatic rings. The Balaban J connectivity index is 2.00. The standard InChI is InChI=1S/C15H21N3O3/c1-2-21-13-6-4-3-5-12(13)15(20)18-9-7-17(8-10-18)11-14(16)19/h3-6H,2,7-11H2,1H3,(H2,16,19). The first kappa shape index (κ1) is 15.3. The molecule has 1 heterocycles. The molecule has 2 N–H and O–H groups in total. The summed E-state index contributed by atoms with van der Waals surface area (Å²) < 4.78 is 5.50. The summed E-state index contributed by atoms with van der Waals surface area (Å²) in [6.07, 6.45) is 0. The average molecular weight is 291 g/mol. The molecule has 0 spiro atoms. The lowest BCUT2D eigenvalue weighted by atomic mass is 10.1. The lowest BCUT2D eigenvalue weighted by molar-refractivity contribution is -0.119. The van der Waals surface area contributed by atoms with Crippen LogP contribution in [-0.2, 0) is 4.79 Å². The summed E-state index contributed by atoms with van der Waals surface area (Å²) >= 11 is 0. The van der Waals surface area contributed by atoms with E-state index in [1.165, 1.54) is 0 Å². The Hall–Kier alpha value is -2.08. The third kappa shape index (κ3) is 3.95. The zero-order valence-electron chi connectivity index (χ0n) is 12.2. The van der Waals surface area contributed by atoms with Crippen molar-refractivity contribution in [2.24, 2.45) is 5.73 Å². The molecule has 0 saturated carbocycles. The van der Waals surface area contributed by atoms with Crippen LogP contribution in [0.4, 0.5) is 0 Å². The van der Waals surface area contributed by atoms with Gasteiger partial charge in [-0.05, 0) is 19.1 Å². The largest absolute Gasteiger partial charge is 0.493 e. The highest BCUT2D eigenvalue weighted by Crippen LogP contribution is 2.20. The molecule has 1 aromatic carbocycles. The third-order valence-electron chi connectivity index (χ3n) is 3.46. The molecule has 0 aromatic heterocycles. The fraction of sp³-hybridized carbons (Fsp3) is 0.467. The highest BCUT2D eigenvalue weighted by Gasteiger charge is 2.24. The van der Waals surface area contributed by atoms with E-state index in [4.69, 9.17) is 10.5 Å². The van der Waals surface area contributed by atoms with Gasteiger partial charge in [0, 0.05) is 26.2 Å². The molecule has 114 valence electrons. The van der Waals surface area contributed by atoms with E-state index in [-0.39, 0.29) is 18.4 Å². The lowest BCUT2D eigenvalue weighted by Gasteiger charge is -2.34. The summed E-state index contributed by atoms with van der Waals surface area (Å²) in [5, 5.41) is 0. The number of nitrogens with two attached hydrogens (primary N) is 1. The first-order valence-corrected chi connectivity index (χ1v) is 7.13. The molecule has 1 fully saturated rings. The second kappa shape index (κ2) is 7.08. The highest BCUT2D eigenvalue weighted by molar-refractivity contribution is 5.97. The summed E-state index contributed by atoms with van der Waals surface area (Å²) in [4.78, 5) is 27.2. The van der Waals surface area contributed by atoms with Gasteiger partial charge in [0.25, 0.3) is 5.91 Å². The predicted octanol–water partition coefficient (Wildman–Crippen LogP) is 0.328. The fourth-order valence-electron chi connectivity index (χ4n) is 2.42. The van der Waals surface area contributed by atoms with E-state index in [2.05, 4.69) is 0 Å². The van der Waals surface area contributed by atoms with E-state index in [1.807, 2.05) is 24.0 Å². The van der Waals surface area contributed by atoms with Crippen molar-refractivity contribution in [3.8, 4) is 5.75 Å². The molecule has 0 aliphatic carbocycles. The van der Waals surface area contributed by atoms with E-state index in [1.54, 1.807) is 17.0 Å². The number of hydrogen-bond acceptors (Lipinski definition) is 4. The Bertz CT molecular complexity index is 511. The zero-order chi connectivity index (χ0) is 15.2. The number of primary amides is 1. The summed E-state index contributed by atoms with van der Waals surface area (Å²) in [6.45, 7) is 5.16. The van der Waals surface area contributed by atoms with E-state index in [0.717, 1.165) is 0 Å². The minimum atomic E-state index is -0.337. The van der Waals surface area contributed by atoms with Crippen LogP contribution in [-0.4, -0.2) is 60.9 Å². The molecule has 0 atom stereocenters. The molecular formula is C15H21N3O3.